The molecule has 0 saturated heterocycles. The van der Waals surface area contributed by atoms with Crippen LogP contribution in [0.15, 0.2) is 27.7 Å². The molecule has 0 fully saturated rings. The zero-order chi connectivity index (χ0) is 10.8. The minimum absolute atomic E-state index is 0.173. The summed E-state index contributed by atoms with van der Waals surface area (Å²) in [7, 11) is 0. The number of aromatic carboxylic acids is 1. The highest BCUT2D eigenvalue weighted by atomic mass is 79.9. The summed E-state index contributed by atoms with van der Waals surface area (Å²) in [5, 5.41) is 12.5. The van der Waals surface area contributed by atoms with Crippen molar-refractivity contribution in [3.63, 3.8) is 0 Å². The molecule has 2 rings (SSSR count). The van der Waals surface area contributed by atoms with E-state index >= 15 is 0 Å². The van der Waals surface area contributed by atoms with Crippen LogP contribution in [0.25, 0.3) is 0 Å². The van der Waals surface area contributed by atoms with Crippen LogP contribution in [0.4, 0.5) is 0 Å². The fraction of sp³-hybridized carbons (Fsp3) is 0.125. The van der Waals surface area contributed by atoms with Crippen molar-refractivity contribution in [3.8, 4) is 0 Å². The zero-order valence-electron chi connectivity index (χ0n) is 7.42. The summed E-state index contributed by atoms with van der Waals surface area (Å²) in [5.74, 6) is -0.565. The molecule has 78 valence electrons. The molecule has 2 heterocycles. The van der Waals surface area contributed by atoms with Gasteiger partial charge >= 0.3 is 5.97 Å². The number of hydrogen-bond acceptors (Lipinski definition) is 4. The van der Waals surface area contributed by atoms with E-state index in [2.05, 4.69) is 30.6 Å². The van der Waals surface area contributed by atoms with E-state index in [0.29, 0.717) is 10.3 Å². The highest BCUT2D eigenvalue weighted by Gasteiger charge is 2.12. The Kier molecular flexibility index (Phi) is 2.55. The Balaban J connectivity index is 2.31. The van der Waals surface area contributed by atoms with Gasteiger partial charge in [0.2, 0.25) is 6.39 Å². The second-order valence-corrected chi connectivity index (χ2v) is 3.74. The van der Waals surface area contributed by atoms with Gasteiger partial charge in [0.1, 0.15) is 5.69 Å². The van der Waals surface area contributed by atoms with Crippen LogP contribution in [-0.4, -0.2) is 25.8 Å². The molecule has 0 atom stereocenters. The lowest BCUT2D eigenvalue weighted by Gasteiger charge is -2.01. The standard InChI is InChI=1S/C8H6BrN3O3/c9-5-1-6(8(13)14)12(2-5)3-7-10-4-15-11-7/h1-2,4H,3H2,(H,13,14). The van der Waals surface area contributed by atoms with Gasteiger partial charge in [-0.1, -0.05) is 5.16 Å². The Hall–Kier alpha value is -1.63. The Morgan fingerprint density at radius 3 is 3.07 bits per heavy atom. The van der Waals surface area contributed by atoms with Crippen LogP contribution in [-0.2, 0) is 6.54 Å². The van der Waals surface area contributed by atoms with E-state index in [1.165, 1.54) is 17.0 Å². The maximum atomic E-state index is 10.9. The normalized spacial score (nSPS) is 10.5. The van der Waals surface area contributed by atoms with Gasteiger partial charge < -0.3 is 14.2 Å². The van der Waals surface area contributed by atoms with Crippen molar-refractivity contribution < 1.29 is 14.4 Å². The minimum atomic E-state index is -0.996. The summed E-state index contributed by atoms with van der Waals surface area (Å²) in [6.07, 6.45) is 2.86. The average molecular weight is 272 g/mol. The van der Waals surface area contributed by atoms with Crippen LogP contribution in [0.1, 0.15) is 16.3 Å². The summed E-state index contributed by atoms with van der Waals surface area (Å²) in [4.78, 5) is 14.7. The van der Waals surface area contributed by atoms with Gasteiger partial charge in [-0.15, -0.1) is 0 Å². The molecule has 0 radical (unpaired) electrons. The highest BCUT2D eigenvalue weighted by Crippen LogP contribution is 2.15. The summed E-state index contributed by atoms with van der Waals surface area (Å²) in [6, 6.07) is 1.52. The number of nitrogens with zero attached hydrogens (tertiary/aromatic N) is 3. The fourth-order valence-corrected chi connectivity index (χ4v) is 1.66. The van der Waals surface area contributed by atoms with E-state index < -0.39 is 5.97 Å². The third-order valence-electron chi connectivity index (χ3n) is 1.80. The Bertz CT molecular complexity index is 477. The highest BCUT2D eigenvalue weighted by molar-refractivity contribution is 9.10. The van der Waals surface area contributed by atoms with E-state index in [4.69, 9.17) is 5.11 Å². The Morgan fingerprint density at radius 2 is 2.47 bits per heavy atom. The second-order valence-electron chi connectivity index (χ2n) is 2.82. The van der Waals surface area contributed by atoms with E-state index in [-0.39, 0.29) is 12.2 Å². The van der Waals surface area contributed by atoms with E-state index in [0.717, 1.165) is 0 Å². The number of aromatic nitrogens is 3. The van der Waals surface area contributed by atoms with Gasteiger partial charge in [0.15, 0.2) is 5.82 Å². The predicted molar refractivity (Wildman–Crippen MR) is 52.5 cm³/mol. The van der Waals surface area contributed by atoms with Crippen LogP contribution >= 0.6 is 15.9 Å². The molecule has 2 aromatic rings. The molecular formula is C8H6BrN3O3. The molecular weight excluding hydrogens is 266 g/mol. The van der Waals surface area contributed by atoms with Crippen LogP contribution in [0.5, 0.6) is 0 Å². The van der Waals surface area contributed by atoms with Gasteiger partial charge in [0, 0.05) is 10.7 Å². The van der Waals surface area contributed by atoms with Crippen molar-refractivity contribution in [1.82, 2.24) is 14.7 Å². The monoisotopic (exact) mass is 271 g/mol. The number of halogens is 1. The number of carboxylic acid groups (broad SMARTS) is 1. The molecule has 0 aliphatic rings. The zero-order valence-corrected chi connectivity index (χ0v) is 9.01. The maximum Gasteiger partial charge on any atom is 0.352 e. The Morgan fingerprint density at radius 1 is 1.67 bits per heavy atom. The molecule has 0 aliphatic heterocycles. The fourth-order valence-electron chi connectivity index (χ4n) is 1.20. The van der Waals surface area contributed by atoms with Gasteiger partial charge in [-0.2, -0.15) is 4.98 Å². The quantitative estimate of drug-likeness (QED) is 0.912. The molecule has 0 saturated carbocycles. The first-order chi connectivity index (χ1) is 7.16. The first kappa shape index (κ1) is 9.91. The topological polar surface area (TPSA) is 81.1 Å². The smallest absolute Gasteiger partial charge is 0.352 e. The van der Waals surface area contributed by atoms with Crippen molar-refractivity contribution in [3.05, 3.63) is 34.6 Å². The number of carbonyl (C=O) groups is 1. The first-order valence-electron chi connectivity index (χ1n) is 4.01. The lowest BCUT2D eigenvalue weighted by Crippen LogP contribution is -2.09. The van der Waals surface area contributed by atoms with Crippen LogP contribution < -0.4 is 0 Å². The maximum absolute atomic E-state index is 10.9. The molecule has 0 aromatic carbocycles. The Labute approximate surface area is 92.6 Å². The number of hydrogen-bond donors (Lipinski definition) is 1. The van der Waals surface area contributed by atoms with Crippen LogP contribution in [0.3, 0.4) is 0 Å². The molecule has 0 aliphatic carbocycles. The SMILES string of the molecule is O=C(O)c1cc(Br)cn1Cc1ncon1. The summed E-state index contributed by atoms with van der Waals surface area (Å²) in [6.45, 7) is 0.268. The first-order valence-corrected chi connectivity index (χ1v) is 4.80. The van der Waals surface area contributed by atoms with E-state index in [9.17, 15) is 4.79 Å². The molecule has 2 aromatic heterocycles. The third-order valence-corrected chi connectivity index (χ3v) is 2.23. The molecule has 0 amide bonds. The molecule has 7 heteroatoms. The largest absolute Gasteiger partial charge is 0.477 e. The van der Waals surface area contributed by atoms with Gasteiger partial charge in [0.05, 0.1) is 6.54 Å². The van der Waals surface area contributed by atoms with Crippen molar-refractivity contribution in [2.45, 2.75) is 6.54 Å². The minimum Gasteiger partial charge on any atom is -0.477 e. The van der Waals surface area contributed by atoms with Gasteiger partial charge in [-0.25, -0.2) is 4.79 Å². The lowest BCUT2D eigenvalue weighted by molar-refractivity contribution is 0.0685. The number of carboxylic acids is 1. The van der Waals surface area contributed by atoms with Crippen LogP contribution in [0.2, 0.25) is 0 Å². The van der Waals surface area contributed by atoms with Gasteiger partial charge in [-0.05, 0) is 22.0 Å². The van der Waals surface area contributed by atoms with Crippen LogP contribution in [0, 0.1) is 0 Å². The second kappa shape index (κ2) is 3.85. The van der Waals surface area contributed by atoms with Gasteiger partial charge in [0.25, 0.3) is 0 Å². The van der Waals surface area contributed by atoms with Gasteiger partial charge in [-0.3, -0.25) is 0 Å². The average Bonchev–Trinajstić information content (AvgIpc) is 2.75. The molecule has 6 nitrogen and oxygen atoms in total. The molecule has 15 heavy (non-hydrogen) atoms. The van der Waals surface area contributed by atoms with Crippen molar-refractivity contribution >= 4 is 21.9 Å². The summed E-state index contributed by atoms with van der Waals surface area (Å²) >= 11 is 3.21. The van der Waals surface area contributed by atoms with Crippen molar-refractivity contribution in [1.29, 1.82) is 0 Å². The van der Waals surface area contributed by atoms with Crippen molar-refractivity contribution in [2.75, 3.05) is 0 Å². The summed E-state index contributed by atoms with van der Waals surface area (Å²) in [5.41, 5.74) is 0.173. The van der Waals surface area contributed by atoms with E-state index in [1.54, 1.807) is 6.20 Å². The van der Waals surface area contributed by atoms with E-state index in [1.807, 2.05) is 0 Å². The molecule has 0 unspecified atom stereocenters. The number of rotatable bonds is 3. The summed E-state index contributed by atoms with van der Waals surface area (Å²) < 4.78 is 6.78. The molecule has 0 bridgehead atoms. The van der Waals surface area contributed by atoms with Crippen molar-refractivity contribution in [2.24, 2.45) is 0 Å². The molecule has 1 N–H and O–H groups in total. The third kappa shape index (κ3) is 2.07. The predicted octanol–water partition coefficient (Wildman–Crippen LogP) is 1.38. The lowest BCUT2D eigenvalue weighted by atomic mass is 10.4. The molecule has 0 spiro atoms.